The van der Waals surface area contributed by atoms with Gasteiger partial charge in [0.1, 0.15) is 16.7 Å². The van der Waals surface area contributed by atoms with Crippen LogP contribution in [0.5, 0.6) is 5.75 Å². The van der Waals surface area contributed by atoms with Gasteiger partial charge in [0, 0.05) is 11.1 Å². The first kappa shape index (κ1) is 19.6. The molecule has 2 N–H and O–H groups in total. The van der Waals surface area contributed by atoms with E-state index < -0.39 is 11.0 Å². The molecule has 4 aromatic rings. The summed E-state index contributed by atoms with van der Waals surface area (Å²) in [7, 11) is 0.0409. The molecular weight excluding hydrogens is 378 g/mol. The Bertz CT molecular complexity index is 1260. The highest BCUT2D eigenvalue weighted by Gasteiger charge is 2.21. The maximum Gasteiger partial charge on any atom is 0.127 e. The van der Waals surface area contributed by atoms with E-state index in [1.807, 2.05) is 36.4 Å². The minimum absolute atomic E-state index is 0.0532. The highest BCUT2D eigenvalue weighted by molar-refractivity contribution is 7.82. The van der Waals surface area contributed by atoms with Crippen LogP contribution in [0, 0.1) is 0 Å². The second-order valence-corrected chi connectivity index (χ2v) is 9.32. The topological polar surface area (TPSA) is 52.3 Å². The number of hydrogen-bond acceptors (Lipinski definition) is 2. The molecule has 1 atom stereocenters. The van der Waals surface area contributed by atoms with Gasteiger partial charge in [0.2, 0.25) is 0 Å². The SMILES string of the molecule is COc1ccc2cc(C(C)(C)C)ccc2c1-c1c(S(N)=O)ccc2ccccc12. The molecule has 1 unspecified atom stereocenters. The number of rotatable bonds is 3. The molecule has 0 radical (unpaired) electrons. The van der Waals surface area contributed by atoms with Crippen LogP contribution < -0.4 is 9.88 Å². The third-order valence-corrected chi connectivity index (χ3v) is 6.20. The van der Waals surface area contributed by atoms with Crippen molar-refractivity contribution in [2.45, 2.75) is 31.1 Å². The Morgan fingerprint density at radius 1 is 0.828 bits per heavy atom. The first-order valence-corrected chi connectivity index (χ1v) is 10.8. The molecule has 0 amide bonds. The second kappa shape index (κ2) is 7.29. The molecule has 4 aromatic carbocycles. The molecule has 29 heavy (non-hydrogen) atoms. The smallest absolute Gasteiger partial charge is 0.127 e. The van der Waals surface area contributed by atoms with Gasteiger partial charge in [-0.05, 0) is 44.7 Å². The molecule has 4 rings (SSSR count). The maximum atomic E-state index is 12.5. The lowest BCUT2D eigenvalue weighted by Crippen LogP contribution is -2.10. The van der Waals surface area contributed by atoms with E-state index in [-0.39, 0.29) is 5.41 Å². The second-order valence-electron chi connectivity index (χ2n) is 8.29. The van der Waals surface area contributed by atoms with E-state index in [9.17, 15) is 4.21 Å². The van der Waals surface area contributed by atoms with Crippen LogP contribution in [0.4, 0.5) is 0 Å². The van der Waals surface area contributed by atoms with E-state index in [1.54, 1.807) is 7.11 Å². The van der Waals surface area contributed by atoms with Crippen LogP contribution in [0.3, 0.4) is 0 Å². The largest absolute Gasteiger partial charge is 0.496 e. The lowest BCUT2D eigenvalue weighted by molar-refractivity contribution is 0.417. The quantitative estimate of drug-likeness (QED) is 0.460. The first-order chi connectivity index (χ1) is 13.8. The van der Waals surface area contributed by atoms with Gasteiger partial charge in [-0.25, -0.2) is 9.35 Å². The monoisotopic (exact) mass is 403 g/mol. The van der Waals surface area contributed by atoms with Gasteiger partial charge in [-0.3, -0.25) is 0 Å². The lowest BCUT2D eigenvalue weighted by Gasteiger charge is -2.21. The summed E-state index contributed by atoms with van der Waals surface area (Å²) in [5, 5.41) is 10.1. The van der Waals surface area contributed by atoms with E-state index in [1.165, 1.54) is 5.56 Å². The standard InChI is InChI=1S/C25H25NO2S/c1-25(2,3)18-11-12-20-17(15-18)9-13-21(28-4)23(20)24-19-8-6-5-7-16(19)10-14-22(24)29(26)27/h5-15H,26H2,1-4H3. The third kappa shape index (κ3) is 3.43. The Labute approximate surface area is 174 Å². The highest BCUT2D eigenvalue weighted by Crippen LogP contribution is 2.43. The first-order valence-electron chi connectivity index (χ1n) is 9.61. The zero-order chi connectivity index (χ0) is 20.8. The van der Waals surface area contributed by atoms with Crippen molar-refractivity contribution in [3.63, 3.8) is 0 Å². The Balaban J connectivity index is 2.16. The molecule has 4 heteroatoms. The maximum absolute atomic E-state index is 12.5. The normalized spacial score (nSPS) is 13.0. The van der Waals surface area contributed by atoms with Crippen molar-refractivity contribution in [3.8, 4) is 16.9 Å². The summed E-state index contributed by atoms with van der Waals surface area (Å²) < 4.78 is 18.2. The summed E-state index contributed by atoms with van der Waals surface area (Å²) in [5.41, 5.74) is 3.12. The molecule has 0 saturated heterocycles. The zero-order valence-corrected chi connectivity index (χ0v) is 18.0. The fraction of sp³-hybridized carbons (Fsp3) is 0.200. The van der Waals surface area contributed by atoms with Crippen molar-refractivity contribution >= 4 is 32.5 Å². The number of benzene rings is 4. The Kier molecular flexibility index (Phi) is 4.93. The fourth-order valence-electron chi connectivity index (χ4n) is 3.88. The summed E-state index contributed by atoms with van der Waals surface area (Å²) in [4.78, 5) is 0.606. The zero-order valence-electron chi connectivity index (χ0n) is 17.2. The Hall–Kier alpha value is -2.69. The van der Waals surface area contributed by atoms with Gasteiger partial charge >= 0.3 is 0 Å². The predicted molar refractivity (Wildman–Crippen MR) is 123 cm³/mol. The average molecular weight is 404 g/mol. The van der Waals surface area contributed by atoms with Gasteiger partial charge in [0.25, 0.3) is 0 Å². The summed E-state index contributed by atoms with van der Waals surface area (Å²) in [6, 6.07) is 22.5. The van der Waals surface area contributed by atoms with E-state index in [0.717, 1.165) is 38.4 Å². The van der Waals surface area contributed by atoms with Gasteiger partial charge in [0.05, 0.1) is 12.0 Å². The molecule has 3 nitrogen and oxygen atoms in total. The molecule has 0 aliphatic carbocycles. The third-order valence-electron chi connectivity index (χ3n) is 5.43. The molecule has 0 bridgehead atoms. The van der Waals surface area contributed by atoms with Crippen molar-refractivity contribution < 1.29 is 8.95 Å². The molecule has 0 aliphatic heterocycles. The van der Waals surface area contributed by atoms with Crippen molar-refractivity contribution in [1.82, 2.24) is 0 Å². The summed E-state index contributed by atoms with van der Waals surface area (Å²) in [6.45, 7) is 6.62. The van der Waals surface area contributed by atoms with Crippen molar-refractivity contribution in [3.05, 3.63) is 72.3 Å². The van der Waals surface area contributed by atoms with E-state index in [4.69, 9.17) is 9.88 Å². The summed E-state index contributed by atoms with van der Waals surface area (Å²) >= 11 is 0. The Morgan fingerprint density at radius 3 is 2.21 bits per heavy atom. The summed E-state index contributed by atoms with van der Waals surface area (Å²) in [6.07, 6.45) is 0. The Morgan fingerprint density at radius 2 is 1.52 bits per heavy atom. The van der Waals surface area contributed by atoms with Gasteiger partial charge in [-0.1, -0.05) is 75.4 Å². The number of fused-ring (bicyclic) bond motifs is 2. The number of hydrogen-bond donors (Lipinski definition) is 1. The van der Waals surface area contributed by atoms with Crippen molar-refractivity contribution in [2.24, 2.45) is 5.14 Å². The number of nitrogens with two attached hydrogens (primary N) is 1. The predicted octanol–water partition coefficient (Wildman–Crippen LogP) is 5.95. The highest BCUT2D eigenvalue weighted by atomic mass is 32.2. The lowest BCUT2D eigenvalue weighted by atomic mass is 9.84. The minimum atomic E-state index is -1.62. The van der Waals surface area contributed by atoms with Crippen LogP contribution in [-0.4, -0.2) is 11.3 Å². The van der Waals surface area contributed by atoms with Crippen LogP contribution in [0.25, 0.3) is 32.7 Å². The number of ether oxygens (including phenoxy) is 1. The fourth-order valence-corrected chi connectivity index (χ4v) is 4.50. The minimum Gasteiger partial charge on any atom is -0.496 e. The van der Waals surface area contributed by atoms with Gasteiger partial charge in [0.15, 0.2) is 0 Å². The summed E-state index contributed by atoms with van der Waals surface area (Å²) in [5.74, 6) is 0.740. The number of methoxy groups -OCH3 is 1. The van der Waals surface area contributed by atoms with Gasteiger partial charge in [-0.2, -0.15) is 0 Å². The molecule has 0 heterocycles. The van der Waals surface area contributed by atoms with Crippen LogP contribution in [0.2, 0.25) is 0 Å². The molecule has 148 valence electrons. The molecule has 0 fully saturated rings. The van der Waals surface area contributed by atoms with Crippen LogP contribution in [0.1, 0.15) is 26.3 Å². The molecule has 0 aliphatic rings. The van der Waals surface area contributed by atoms with Crippen LogP contribution in [-0.2, 0) is 16.4 Å². The molecular formula is C25H25NO2S. The van der Waals surface area contributed by atoms with Crippen molar-refractivity contribution in [1.29, 1.82) is 0 Å². The van der Waals surface area contributed by atoms with E-state index >= 15 is 0 Å². The van der Waals surface area contributed by atoms with Crippen LogP contribution in [0.15, 0.2) is 71.6 Å². The van der Waals surface area contributed by atoms with Gasteiger partial charge < -0.3 is 4.74 Å². The van der Waals surface area contributed by atoms with Crippen LogP contribution >= 0.6 is 0 Å². The molecule has 0 saturated carbocycles. The molecule has 0 spiro atoms. The van der Waals surface area contributed by atoms with E-state index in [0.29, 0.717) is 4.90 Å². The molecule has 0 aromatic heterocycles. The van der Waals surface area contributed by atoms with Crippen molar-refractivity contribution in [2.75, 3.05) is 7.11 Å². The van der Waals surface area contributed by atoms with Gasteiger partial charge in [-0.15, -0.1) is 0 Å². The average Bonchev–Trinajstić information content (AvgIpc) is 2.70. The van der Waals surface area contributed by atoms with E-state index in [2.05, 4.69) is 51.1 Å².